The molecule has 0 spiro atoms. The second-order valence-electron chi connectivity index (χ2n) is 2.94. The number of hydrogen-bond acceptors (Lipinski definition) is 4. The SMILES string of the molecule is NC[C@H](O)CN=Cc1ccccc1O. The standard InChI is InChI=1S/C10H14N2O2/c11-5-9(13)7-12-6-8-3-1-2-4-10(8)14/h1-4,6,9,13-14H,5,7,11H2/t9-/m0/s1. The molecular weight excluding hydrogens is 180 g/mol. The Hall–Kier alpha value is -1.39. The molecule has 4 heteroatoms. The van der Waals surface area contributed by atoms with Crippen molar-refractivity contribution < 1.29 is 10.2 Å². The molecule has 0 heterocycles. The molecule has 0 radical (unpaired) electrons. The van der Waals surface area contributed by atoms with E-state index in [0.29, 0.717) is 5.56 Å². The van der Waals surface area contributed by atoms with Crippen molar-refractivity contribution in [2.24, 2.45) is 10.7 Å². The summed E-state index contributed by atoms with van der Waals surface area (Å²) in [7, 11) is 0. The Kier molecular flexibility index (Phi) is 4.10. The third-order valence-corrected chi connectivity index (χ3v) is 1.76. The van der Waals surface area contributed by atoms with Crippen molar-refractivity contribution in [2.75, 3.05) is 13.1 Å². The van der Waals surface area contributed by atoms with E-state index < -0.39 is 6.10 Å². The van der Waals surface area contributed by atoms with E-state index in [1.807, 2.05) is 0 Å². The lowest BCUT2D eigenvalue weighted by Gasteiger charge is -2.02. The van der Waals surface area contributed by atoms with E-state index in [-0.39, 0.29) is 18.8 Å². The van der Waals surface area contributed by atoms with Crippen LogP contribution in [0.1, 0.15) is 5.56 Å². The summed E-state index contributed by atoms with van der Waals surface area (Å²) < 4.78 is 0. The third-order valence-electron chi connectivity index (χ3n) is 1.76. The van der Waals surface area contributed by atoms with E-state index in [0.717, 1.165) is 0 Å². The van der Waals surface area contributed by atoms with Crippen LogP contribution in [0.4, 0.5) is 0 Å². The monoisotopic (exact) mass is 194 g/mol. The van der Waals surface area contributed by atoms with E-state index in [1.165, 1.54) is 6.21 Å². The Morgan fingerprint density at radius 3 is 2.79 bits per heavy atom. The number of hydrogen-bond donors (Lipinski definition) is 3. The number of nitrogens with zero attached hydrogens (tertiary/aromatic N) is 1. The highest BCUT2D eigenvalue weighted by Gasteiger charge is 1.98. The van der Waals surface area contributed by atoms with Crippen LogP contribution in [0, 0.1) is 0 Å². The molecule has 1 atom stereocenters. The summed E-state index contributed by atoms with van der Waals surface area (Å²) in [5, 5.41) is 18.5. The average molecular weight is 194 g/mol. The number of phenolic OH excluding ortho intramolecular Hbond substituents is 1. The van der Waals surface area contributed by atoms with Gasteiger partial charge in [-0.1, -0.05) is 12.1 Å². The maximum Gasteiger partial charge on any atom is 0.124 e. The van der Waals surface area contributed by atoms with Crippen molar-refractivity contribution in [1.29, 1.82) is 0 Å². The van der Waals surface area contributed by atoms with Crippen LogP contribution in [0.2, 0.25) is 0 Å². The molecule has 0 unspecified atom stereocenters. The molecule has 0 aromatic heterocycles. The van der Waals surface area contributed by atoms with E-state index in [9.17, 15) is 5.11 Å². The van der Waals surface area contributed by atoms with E-state index in [2.05, 4.69) is 4.99 Å². The van der Waals surface area contributed by atoms with Crippen molar-refractivity contribution in [3.8, 4) is 5.75 Å². The van der Waals surface area contributed by atoms with Gasteiger partial charge in [-0.2, -0.15) is 0 Å². The highest BCUT2D eigenvalue weighted by Crippen LogP contribution is 2.12. The number of nitrogens with two attached hydrogens (primary N) is 1. The summed E-state index contributed by atoms with van der Waals surface area (Å²) in [5.41, 5.74) is 5.84. The molecule has 0 amide bonds. The molecule has 0 saturated heterocycles. The fourth-order valence-electron chi connectivity index (χ4n) is 0.944. The molecule has 0 aliphatic carbocycles. The van der Waals surface area contributed by atoms with Gasteiger partial charge in [0.15, 0.2) is 0 Å². The van der Waals surface area contributed by atoms with Gasteiger partial charge >= 0.3 is 0 Å². The first-order valence-electron chi connectivity index (χ1n) is 4.40. The maximum absolute atomic E-state index is 9.35. The van der Waals surface area contributed by atoms with Gasteiger partial charge in [-0.25, -0.2) is 0 Å². The maximum atomic E-state index is 9.35. The molecule has 0 saturated carbocycles. The van der Waals surface area contributed by atoms with Crippen molar-refractivity contribution in [1.82, 2.24) is 0 Å². The first-order valence-corrected chi connectivity index (χ1v) is 4.40. The summed E-state index contributed by atoms with van der Waals surface area (Å²) >= 11 is 0. The summed E-state index contributed by atoms with van der Waals surface area (Å²) in [6.07, 6.45) is 0.908. The number of aliphatic hydroxyl groups excluding tert-OH is 1. The molecule has 1 aromatic rings. The molecule has 14 heavy (non-hydrogen) atoms. The second-order valence-corrected chi connectivity index (χ2v) is 2.94. The molecule has 0 bridgehead atoms. The van der Waals surface area contributed by atoms with Crippen LogP contribution in [0.5, 0.6) is 5.75 Å². The van der Waals surface area contributed by atoms with Crippen molar-refractivity contribution in [3.63, 3.8) is 0 Å². The van der Waals surface area contributed by atoms with Crippen LogP contribution < -0.4 is 5.73 Å². The first-order chi connectivity index (χ1) is 6.74. The van der Waals surface area contributed by atoms with Crippen LogP contribution in [-0.4, -0.2) is 35.6 Å². The molecular formula is C10H14N2O2. The molecule has 0 aliphatic heterocycles. The Morgan fingerprint density at radius 2 is 2.14 bits per heavy atom. The van der Waals surface area contributed by atoms with Crippen molar-refractivity contribution >= 4 is 6.21 Å². The molecule has 1 aromatic carbocycles. The van der Waals surface area contributed by atoms with E-state index in [4.69, 9.17) is 10.8 Å². The van der Waals surface area contributed by atoms with Crippen LogP contribution in [-0.2, 0) is 0 Å². The minimum Gasteiger partial charge on any atom is -0.507 e. The van der Waals surface area contributed by atoms with Gasteiger partial charge in [0, 0.05) is 18.3 Å². The van der Waals surface area contributed by atoms with Gasteiger partial charge in [0.2, 0.25) is 0 Å². The Morgan fingerprint density at radius 1 is 1.43 bits per heavy atom. The van der Waals surface area contributed by atoms with E-state index >= 15 is 0 Å². The van der Waals surface area contributed by atoms with Gasteiger partial charge in [0.05, 0.1) is 12.6 Å². The predicted octanol–water partition coefficient (Wildman–Crippen LogP) is 0.131. The van der Waals surface area contributed by atoms with Gasteiger partial charge in [0.1, 0.15) is 5.75 Å². The smallest absolute Gasteiger partial charge is 0.124 e. The lowest BCUT2D eigenvalue weighted by atomic mass is 10.2. The minimum atomic E-state index is -0.614. The number of aliphatic imine (C=N–C) groups is 1. The average Bonchev–Trinajstić information content (AvgIpc) is 2.20. The van der Waals surface area contributed by atoms with Crippen LogP contribution in [0.25, 0.3) is 0 Å². The Balaban J connectivity index is 2.56. The van der Waals surface area contributed by atoms with E-state index in [1.54, 1.807) is 24.3 Å². The molecule has 1 rings (SSSR count). The second kappa shape index (κ2) is 5.36. The van der Waals surface area contributed by atoms with Gasteiger partial charge in [-0.3, -0.25) is 4.99 Å². The van der Waals surface area contributed by atoms with Gasteiger partial charge < -0.3 is 15.9 Å². The molecule has 0 fully saturated rings. The number of rotatable bonds is 4. The zero-order valence-corrected chi connectivity index (χ0v) is 7.80. The molecule has 4 N–H and O–H groups in total. The quantitative estimate of drug-likeness (QED) is 0.596. The summed E-state index contributed by atoms with van der Waals surface area (Å²) in [6, 6.07) is 6.87. The van der Waals surface area contributed by atoms with Crippen molar-refractivity contribution in [3.05, 3.63) is 29.8 Å². The number of aromatic hydroxyl groups is 1. The first kappa shape index (κ1) is 10.7. The normalized spacial score (nSPS) is 13.3. The minimum absolute atomic E-state index is 0.179. The zero-order chi connectivity index (χ0) is 10.4. The fraction of sp³-hybridized carbons (Fsp3) is 0.300. The lowest BCUT2D eigenvalue weighted by Crippen LogP contribution is -2.22. The lowest BCUT2D eigenvalue weighted by molar-refractivity contribution is 0.192. The molecule has 76 valence electrons. The van der Waals surface area contributed by atoms with Gasteiger partial charge in [0.25, 0.3) is 0 Å². The predicted molar refractivity (Wildman–Crippen MR) is 55.6 cm³/mol. The topological polar surface area (TPSA) is 78.8 Å². The summed E-state index contributed by atoms with van der Waals surface area (Å²) in [5.74, 6) is 0.179. The third kappa shape index (κ3) is 3.16. The zero-order valence-electron chi connectivity index (χ0n) is 7.80. The molecule has 0 aliphatic rings. The largest absolute Gasteiger partial charge is 0.507 e. The molecule has 4 nitrogen and oxygen atoms in total. The van der Waals surface area contributed by atoms with Gasteiger partial charge in [-0.05, 0) is 12.1 Å². The van der Waals surface area contributed by atoms with Crippen LogP contribution in [0.15, 0.2) is 29.3 Å². The highest BCUT2D eigenvalue weighted by molar-refractivity contribution is 5.83. The number of aliphatic hydroxyl groups is 1. The fourth-order valence-corrected chi connectivity index (χ4v) is 0.944. The van der Waals surface area contributed by atoms with Crippen LogP contribution >= 0.6 is 0 Å². The number of phenols is 1. The highest BCUT2D eigenvalue weighted by atomic mass is 16.3. The van der Waals surface area contributed by atoms with Crippen molar-refractivity contribution in [2.45, 2.75) is 6.10 Å². The van der Waals surface area contributed by atoms with Crippen LogP contribution in [0.3, 0.4) is 0 Å². The number of para-hydroxylation sites is 1. The van der Waals surface area contributed by atoms with Gasteiger partial charge in [-0.15, -0.1) is 0 Å². The Labute approximate surface area is 82.7 Å². The summed E-state index contributed by atoms with van der Waals surface area (Å²) in [6.45, 7) is 0.447. The Bertz CT molecular complexity index is 313. The summed E-state index contributed by atoms with van der Waals surface area (Å²) in [4.78, 5) is 3.96. The number of benzene rings is 1.